The third kappa shape index (κ3) is 3.86. The summed E-state index contributed by atoms with van der Waals surface area (Å²) >= 11 is 6.99. The van der Waals surface area contributed by atoms with Gasteiger partial charge in [-0.3, -0.25) is 0 Å². The Morgan fingerprint density at radius 2 is 1.65 bits per heavy atom. The largest absolute Gasteiger partial charge is 0.456 e. The van der Waals surface area contributed by atoms with Gasteiger partial charge in [0.1, 0.15) is 11.5 Å². The van der Waals surface area contributed by atoms with Crippen LogP contribution in [0.5, 0.6) is 11.5 Å². The molecule has 0 saturated heterocycles. The van der Waals surface area contributed by atoms with Crippen LogP contribution in [0.1, 0.15) is 31.9 Å². The van der Waals surface area contributed by atoms with Crippen molar-refractivity contribution in [2.45, 2.75) is 31.5 Å². The van der Waals surface area contributed by atoms with E-state index in [9.17, 15) is 0 Å². The standard InChI is InChI=1S/C17H18Br2O/c1-17(2,3)13-5-7-14(8-6-13)20-16-9-4-12(11-18)10-15(16)19/h4-10H,11H2,1-3H3. The molecule has 0 fully saturated rings. The second-order valence-corrected chi connectivity index (χ2v) is 7.19. The van der Waals surface area contributed by atoms with E-state index >= 15 is 0 Å². The van der Waals surface area contributed by atoms with Crippen LogP contribution in [-0.4, -0.2) is 0 Å². The molecule has 3 heteroatoms. The number of hydrogen-bond acceptors (Lipinski definition) is 1. The number of hydrogen-bond donors (Lipinski definition) is 0. The first-order valence-corrected chi connectivity index (χ1v) is 8.44. The van der Waals surface area contributed by atoms with Gasteiger partial charge < -0.3 is 4.74 Å². The zero-order chi connectivity index (χ0) is 14.8. The van der Waals surface area contributed by atoms with Gasteiger partial charge in [0.2, 0.25) is 0 Å². The van der Waals surface area contributed by atoms with Crippen molar-refractivity contribution in [3.8, 4) is 11.5 Å². The Labute approximate surface area is 137 Å². The van der Waals surface area contributed by atoms with Crippen LogP contribution in [0.15, 0.2) is 46.9 Å². The van der Waals surface area contributed by atoms with E-state index in [1.165, 1.54) is 11.1 Å². The van der Waals surface area contributed by atoms with Gasteiger partial charge in [-0.2, -0.15) is 0 Å². The van der Waals surface area contributed by atoms with Crippen LogP contribution < -0.4 is 4.74 Å². The molecule has 0 amide bonds. The normalized spacial score (nSPS) is 11.4. The molecular weight excluding hydrogens is 380 g/mol. The van der Waals surface area contributed by atoms with E-state index in [1.807, 2.05) is 18.2 Å². The summed E-state index contributed by atoms with van der Waals surface area (Å²) in [6, 6.07) is 14.4. The van der Waals surface area contributed by atoms with Gasteiger partial charge >= 0.3 is 0 Å². The zero-order valence-electron chi connectivity index (χ0n) is 11.9. The summed E-state index contributed by atoms with van der Waals surface area (Å²) < 4.78 is 6.88. The van der Waals surface area contributed by atoms with Gasteiger partial charge in [-0.25, -0.2) is 0 Å². The van der Waals surface area contributed by atoms with Crippen LogP contribution in [-0.2, 0) is 10.7 Å². The number of alkyl halides is 1. The van der Waals surface area contributed by atoms with Crippen molar-refractivity contribution in [2.24, 2.45) is 0 Å². The third-order valence-electron chi connectivity index (χ3n) is 3.10. The van der Waals surface area contributed by atoms with Crippen LogP contribution in [0.25, 0.3) is 0 Å². The number of rotatable bonds is 3. The lowest BCUT2D eigenvalue weighted by Crippen LogP contribution is -2.10. The molecule has 0 aliphatic rings. The molecule has 0 heterocycles. The van der Waals surface area contributed by atoms with Gasteiger partial charge in [0.15, 0.2) is 0 Å². The Balaban J connectivity index is 2.18. The van der Waals surface area contributed by atoms with Crippen molar-refractivity contribution >= 4 is 31.9 Å². The third-order valence-corrected chi connectivity index (χ3v) is 4.37. The van der Waals surface area contributed by atoms with E-state index in [2.05, 4.69) is 76.9 Å². The molecule has 0 N–H and O–H groups in total. The molecule has 0 aliphatic carbocycles. The average molecular weight is 398 g/mol. The molecule has 0 aromatic heterocycles. The van der Waals surface area contributed by atoms with Gasteiger partial charge in [0.05, 0.1) is 4.47 Å². The van der Waals surface area contributed by atoms with E-state index in [0.717, 1.165) is 21.3 Å². The van der Waals surface area contributed by atoms with Gasteiger partial charge in [-0.1, -0.05) is 54.9 Å². The monoisotopic (exact) mass is 396 g/mol. The summed E-state index contributed by atoms with van der Waals surface area (Å²) in [7, 11) is 0. The maximum Gasteiger partial charge on any atom is 0.141 e. The molecule has 2 aromatic carbocycles. The Bertz CT molecular complexity index is 583. The minimum absolute atomic E-state index is 0.163. The minimum Gasteiger partial charge on any atom is -0.456 e. The summed E-state index contributed by atoms with van der Waals surface area (Å²) in [5.74, 6) is 1.68. The van der Waals surface area contributed by atoms with E-state index < -0.39 is 0 Å². The molecule has 1 nitrogen and oxygen atoms in total. The smallest absolute Gasteiger partial charge is 0.141 e. The molecule has 0 unspecified atom stereocenters. The lowest BCUT2D eigenvalue weighted by atomic mass is 9.87. The van der Waals surface area contributed by atoms with E-state index in [1.54, 1.807) is 0 Å². The molecule has 2 rings (SSSR count). The zero-order valence-corrected chi connectivity index (χ0v) is 15.1. The minimum atomic E-state index is 0.163. The predicted molar refractivity (Wildman–Crippen MR) is 92.0 cm³/mol. The van der Waals surface area contributed by atoms with Crippen molar-refractivity contribution in [1.29, 1.82) is 0 Å². The highest BCUT2D eigenvalue weighted by Gasteiger charge is 2.13. The fraction of sp³-hybridized carbons (Fsp3) is 0.294. The highest BCUT2D eigenvalue weighted by molar-refractivity contribution is 9.10. The van der Waals surface area contributed by atoms with Crippen LogP contribution in [0.3, 0.4) is 0 Å². The Morgan fingerprint density at radius 3 is 2.15 bits per heavy atom. The van der Waals surface area contributed by atoms with Crippen LogP contribution in [0, 0.1) is 0 Å². The Morgan fingerprint density at radius 1 is 1.00 bits per heavy atom. The molecule has 2 aromatic rings. The number of halogens is 2. The quantitative estimate of drug-likeness (QED) is 0.542. The van der Waals surface area contributed by atoms with Crippen molar-refractivity contribution < 1.29 is 4.74 Å². The lowest BCUT2D eigenvalue weighted by Gasteiger charge is -2.19. The van der Waals surface area contributed by atoms with Gasteiger partial charge in [-0.05, 0) is 56.7 Å². The SMILES string of the molecule is CC(C)(C)c1ccc(Oc2ccc(CBr)cc2Br)cc1. The molecule has 0 saturated carbocycles. The van der Waals surface area contributed by atoms with E-state index in [-0.39, 0.29) is 5.41 Å². The lowest BCUT2D eigenvalue weighted by molar-refractivity contribution is 0.478. The van der Waals surface area contributed by atoms with Crippen LogP contribution in [0.2, 0.25) is 0 Å². The summed E-state index contributed by atoms with van der Waals surface area (Å²) in [4.78, 5) is 0. The first-order chi connectivity index (χ1) is 9.40. The first kappa shape index (κ1) is 15.6. The first-order valence-electron chi connectivity index (χ1n) is 6.53. The molecule has 0 radical (unpaired) electrons. The predicted octanol–water partition coefficient (Wildman–Crippen LogP) is 6.43. The molecular formula is C17H18Br2O. The highest BCUT2D eigenvalue weighted by atomic mass is 79.9. The molecule has 0 aliphatic heterocycles. The van der Waals surface area contributed by atoms with Crippen LogP contribution >= 0.6 is 31.9 Å². The van der Waals surface area contributed by atoms with Crippen LogP contribution in [0.4, 0.5) is 0 Å². The molecule has 0 bridgehead atoms. The second-order valence-electron chi connectivity index (χ2n) is 5.77. The van der Waals surface area contributed by atoms with Crippen molar-refractivity contribution in [3.05, 3.63) is 58.1 Å². The maximum atomic E-state index is 5.91. The maximum absolute atomic E-state index is 5.91. The highest BCUT2D eigenvalue weighted by Crippen LogP contribution is 2.32. The summed E-state index contributed by atoms with van der Waals surface area (Å²) in [6.07, 6.45) is 0. The molecule has 20 heavy (non-hydrogen) atoms. The van der Waals surface area contributed by atoms with E-state index in [4.69, 9.17) is 4.74 Å². The van der Waals surface area contributed by atoms with Crippen molar-refractivity contribution in [1.82, 2.24) is 0 Å². The number of ether oxygens (including phenoxy) is 1. The van der Waals surface area contributed by atoms with Crippen molar-refractivity contribution in [2.75, 3.05) is 0 Å². The summed E-state index contributed by atoms with van der Waals surface area (Å²) in [6.45, 7) is 6.62. The molecule has 106 valence electrons. The topological polar surface area (TPSA) is 9.23 Å². The fourth-order valence-corrected chi connectivity index (χ4v) is 2.72. The molecule has 0 atom stereocenters. The van der Waals surface area contributed by atoms with Gasteiger partial charge in [-0.15, -0.1) is 0 Å². The Hall–Kier alpha value is -0.800. The van der Waals surface area contributed by atoms with Gasteiger partial charge in [0, 0.05) is 5.33 Å². The fourth-order valence-electron chi connectivity index (χ4n) is 1.86. The summed E-state index contributed by atoms with van der Waals surface area (Å²) in [5, 5.41) is 0.839. The number of benzene rings is 2. The van der Waals surface area contributed by atoms with Crippen molar-refractivity contribution in [3.63, 3.8) is 0 Å². The summed E-state index contributed by atoms with van der Waals surface area (Å²) in [5.41, 5.74) is 2.68. The van der Waals surface area contributed by atoms with Gasteiger partial charge in [0.25, 0.3) is 0 Å². The second kappa shape index (κ2) is 6.31. The van der Waals surface area contributed by atoms with E-state index in [0.29, 0.717) is 0 Å². The average Bonchev–Trinajstić information content (AvgIpc) is 2.40. The molecule has 0 spiro atoms. The Kier molecular flexibility index (Phi) is 4.92.